The highest BCUT2D eigenvalue weighted by Gasteiger charge is 2.19. The number of carboxylic acid groups (broad SMARTS) is 1. The first-order valence-electron chi connectivity index (χ1n) is 6.73. The van der Waals surface area contributed by atoms with Crippen LogP contribution in [-0.2, 0) is 9.53 Å². The fourth-order valence-electron chi connectivity index (χ4n) is 2.31. The van der Waals surface area contributed by atoms with Crippen LogP contribution < -0.4 is 0 Å². The third-order valence-corrected chi connectivity index (χ3v) is 3.54. The van der Waals surface area contributed by atoms with Crippen LogP contribution in [0.5, 0.6) is 0 Å². The molecule has 1 atom stereocenters. The molecular weight excluding hydrogens is 258 g/mol. The van der Waals surface area contributed by atoms with Crippen LogP contribution in [0.25, 0.3) is 0 Å². The zero-order chi connectivity index (χ0) is 14.5. The maximum atomic E-state index is 12.2. The summed E-state index contributed by atoms with van der Waals surface area (Å²) < 4.78 is 5.36. The Kier molecular flexibility index (Phi) is 4.74. The average Bonchev–Trinajstić information content (AvgIpc) is 2.98. The Morgan fingerprint density at radius 3 is 2.90 bits per heavy atom. The van der Waals surface area contributed by atoms with Crippen molar-refractivity contribution in [2.24, 2.45) is 0 Å². The molecule has 0 saturated carbocycles. The number of rotatable bonds is 5. The Balaban J connectivity index is 2.05. The largest absolute Gasteiger partial charge is 0.481 e. The highest BCUT2D eigenvalue weighted by Crippen LogP contribution is 2.25. The monoisotopic (exact) mass is 277 g/mol. The van der Waals surface area contributed by atoms with Crippen molar-refractivity contribution in [1.82, 2.24) is 4.90 Å². The summed E-state index contributed by atoms with van der Waals surface area (Å²) in [6, 6.07) is 7.52. The lowest BCUT2D eigenvalue weighted by Gasteiger charge is -2.17. The summed E-state index contributed by atoms with van der Waals surface area (Å²) in [5.41, 5.74) is 1.71. The van der Waals surface area contributed by atoms with Crippen molar-refractivity contribution in [3.63, 3.8) is 0 Å². The minimum atomic E-state index is -0.901. The number of amides is 1. The molecule has 1 heterocycles. The predicted octanol–water partition coefficient (Wildman–Crippen LogP) is 1.74. The van der Waals surface area contributed by atoms with E-state index in [9.17, 15) is 9.59 Å². The maximum absolute atomic E-state index is 12.2. The smallest absolute Gasteiger partial charge is 0.305 e. The van der Waals surface area contributed by atoms with Crippen LogP contribution in [0.3, 0.4) is 0 Å². The van der Waals surface area contributed by atoms with E-state index in [4.69, 9.17) is 9.84 Å². The minimum absolute atomic E-state index is 0.0433. The van der Waals surface area contributed by atoms with Crippen LogP contribution in [0.15, 0.2) is 24.3 Å². The summed E-state index contributed by atoms with van der Waals surface area (Å²) >= 11 is 0. The molecule has 2 rings (SSSR count). The van der Waals surface area contributed by atoms with Gasteiger partial charge in [0.05, 0.1) is 13.0 Å². The molecule has 1 amide bonds. The molecule has 1 N–H and O–H groups in total. The lowest BCUT2D eigenvalue weighted by atomic mass is 9.96. The van der Waals surface area contributed by atoms with Gasteiger partial charge in [-0.1, -0.05) is 12.1 Å². The predicted molar refractivity (Wildman–Crippen MR) is 73.8 cm³/mol. The molecule has 1 saturated heterocycles. The van der Waals surface area contributed by atoms with E-state index >= 15 is 0 Å². The molecule has 0 radical (unpaired) electrons. The molecule has 0 aliphatic carbocycles. The van der Waals surface area contributed by atoms with Gasteiger partial charge in [-0.15, -0.1) is 0 Å². The lowest BCUT2D eigenvalue weighted by molar-refractivity contribution is -0.137. The topological polar surface area (TPSA) is 66.8 Å². The van der Waals surface area contributed by atoms with Crippen LogP contribution in [-0.4, -0.2) is 48.7 Å². The van der Waals surface area contributed by atoms with E-state index < -0.39 is 5.97 Å². The summed E-state index contributed by atoms with van der Waals surface area (Å²) in [5, 5.41) is 8.65. The molecule has 5 nitrogen and oxygen atoms in total. The molecule has 1 unspecified atom stereocenters. The molecule has 0 bridgehead atoms. The van der Waals surface area contributed by atoms with Crippen LogP contribution in [0, 0.1) is 0 Å². The van der Waals surface area contributed by atoms with Crippen molar-refractivity contribution in [1.29, 1.82) is 0 Å². The first-order chi connectivity index (χ1) is 9.58. The van der Waals surface area contributed by atoms with Crippen molar-refractivity contribution in [3.05, 3.63) is 35.4 Å². The third-order valence-electron chi connectivity index (χ3n) is 3.54. The lowest BCUT2D eigenvalue weighted by Crippen LogP contribution is -2.29. The van der Waals surface area contributed by atoms with E-state index in [-0.39, 0.29) is 18.9 Å². The van der Waals surface area contributed by atoms with Crippen LogP contribution in [0.1, 0.15) is 34.7 Å². The number of benzene rings is 1. The molecule has 1 aliphatic rings. The van der Waals surface area contributed by atoms with Gasteiger partial charge < -0.3 is 14.7 Å². The summed E-state index contributed by atoms with van der Waals surface area (Å²) in [6.07, 6.45) is 0.935. The molecule has 108 valence electrons. The van der Waals surface area contributed by atoms with Gasteiger partial charge in [-0.25, -0.2) is 0 Å². The molecule has 1 aliphatic heterocycles. The Bertz CT molecular complexity index is 494. The first-order valence-corrected chi connectivity index (χ1v) is 6.73. The van der Waals surface area contributed by atoms with E-state index in [2.05, 4.69) is 0 Å². The molecule has 1 aromatic rings. The number of carboxylic acids is 1. The van der Waals surface area contributed by atoms with Gasteiger partial charge in [0.25, 0.3) is 5.91 Å². The van der Waals surface area contributed by atoms with E-state index in [0.717, 1.165) is 18.6 Å². The van der Waals surface area contributed by atoms with Crippen LogP contribution in [0.2, 0.25) is 0 Å². The summed E-state index contributed by atoms with van der Waals surface area (Å²) in [7, 11) is 1.62. The summed E-state index contributed by atoms with van der Waals surface area (Å²) in [4.78, 5) is 24.2. The number of hydrogen-bond donors (Lipinski definition) is 1. The highest BCUT2D eigenvalue weighted by atomic mass is 16.5. The van der Waals surface area contributed by atoms with Gasteiger partial charge in [-0.05, 0) is 24.1 Å². The van der Waals surface area contributed by atoms with Gasteiger partial charge in [0.15, 0.2) is 0 Å². The summed E-state index contributed by atoms with van der Waals surface area (Å²) in [6.45, 7) is 1.68. The molecule has 1 aromatic carbocycles. The number of carbonyl (C=O) groups excluding carboxylic acids is 1. The fourth-order valence-corrected chi connectivity index (χ4v) is 2.31. The molecule has 0 aromatic heterocycles. The molecular formula is C15H19NO4. The van der Waals surface area contributed by atoms with Crippen molar-refractivity contribution < 1.29 is 19.4 Å². The Morgan fingerprint density at radius 1 is 1.45 bits per heavy atom. The number of ether oxygens (including phenoxy) is 1. The van der Waals surface area contributed by atoms with Crippen molar-refractivity contribution in [3.8, 4) is 0 Å². The Labute approximate surface area is 118 Å². The van der Waals surface area contributed by atoms with Crippen molar-refractivity contribution in [2.75, 3.05) is 26.8 Å². The molecule has 0 spiro atoms. The van der Waals surface area contributed by atoms with Crippen molar-refractivity contribution >= 4 is 11.9 Å². The molecule has 1 fully saturated rings. The second-order valence-electron chi connectivity index (χ2n) is 5.06. The number of aliphatic carboxylic acids is 1. The second kappa shape index (κ2) is 6.52. The van der Waals surface area contributed by atoms with Gasteiger partial charge in [-0.3, -0.25) is 9.59 Å². The number of hydrogen-bond acceptors (Lipinski definition) is 3. The minimum Gasteiger partial charge on any atom is -0.481 e. The van der Waals surface area contributed by atoms with Crippen LogP contribution >= 0.6 is 0 Å². The summed E-state index contributed by atoms with van der Waals surface area (Å²) in [5.74, 6) is -0.694. The van der Waals surface area contributed by atoms with Gasteiger partial charge in [-0.2, -0.15) is 0 Å². The van der Waals surface area contributed by atoms with E-state index in [1.165, 1.54) is 4.90 Å². The molecule has 5 heteroatoms. The molecule has 20 heavy (non-hydrogen) atoms. The zero-order valence-electron chi connectivity index (χ0n) is 11.5. The number of carbonyl (C=O) groups is 2. The Morgan fingerprint density at radius 2 is 2.25 bits per heavy atom. The quantitative estimate of drug-likeness (QED) is 0.890. The Hall–Kier alpha value is -1.88. The van der Waals surface area contributed by atoms with E-state index in [1.54, 1.807) is 13.1 Å². The van der Waals surface area contributed by atoms with Crippen LogP contribution in [0.4, 0.5) is 0 Å². The first kappa shape index (κ1) is 14.5. The zero-order valence-corrected chi connectivity index (χ0v) is 11.5. The van der Waals surface area contributed by atoms with Gasteiger partial charge in [0.2, 0.25) is 0 Å². The normalized spacial score (nSPS) is 17.9. The van der Waals surface area contributed by atoms with Gasteiger partial charge in [0, 0.05) is 31.7 Å². The SMILES string of the molecule is CN(CCC(=O)O)C(=O)c1cccc(C2CCOC2)c1. The van der Waals surface area contributed by atoms with Crippen molar-refractivity contribution in [2.45, 2.75) is 18.8 Å². The average molecular weight is 277 g/mol. The maximum Gasteiger partial charge on any atom is 0.305 e. The van der Waals surface area contributed by atoms with Gasteiger partial charge in [0.1, 0.15) is 0 Å². The number of nitrogens with zero attached hydrogens (tertiary/aromatic N) is 1. The fraction of sp³-hybridized carbons (Fsp3) is 0.467. The van der Waals surface area contributed by atoms with Gasteiger partial charge >= 0.3 is 5.97 Å². The van der Waals surface area contributed by atoms with E-state index in [1.807, 2.05) is 18.2 Å². The van der Waals surface area contributed by atoms with E-state index in [0.29, 0.717) is 18.1 Å². The second-order valence-corrected chi connectivity index (χ2v) is 5.06. The highest BCUT2D eigenvalue weighted by molar-refractivity contribution is 5.94. The third kappa shape index (κ3) is 3.57. The standard InChI is InChI=1S/C15H19NO4/c1-16(7-5-14(17)18)15(19)12-4-2-3-11(9-12)13-6-8-20-10-13/h2-4,9,13H,5-8,10H2,1H3,(H,17,18).